The van der Waals surface area contributed by atoms with Crippen molar-refractivity contribution in [2.24, 2.45) is 5.92 Å². The first-order valence-electron chi connectivity index (χ1n) is 8.52. The second-order valence-electron chi connectivity index (χ2n) is 7.43. The van der Waals surface area contributed by atoms with Crippen LogP contribution in [0.15, 0.2) is 36.9 Å². The van der Waals surface area contributed by atoms with E-state index in [1.807, 2.05) is 0 Å². The van der Waals surface area contributed by atoms with Crippen LogP contribution in [0.4, 0.5) is 10.5 Å². The second kappa shape index (κ2) is 7.68. The summed E-state index contributed by atoms with van der Waals surface area (Å²) in [5.74, 6) is -0.561. The van der Waals surface area contributed by atoms with Crippen molar-refractivity contribution in [3.63, 3.8) is 0 Å². The average Bonchev–Trinajstić information content (AvgIpc) is 2.82. The predicted octanol–water partition coefficient (Wildman–Crippen LogP) is 3.87. The van der Waals surface area contributed by atoms with Gasteiger partial charge in [0.2, 0.25) is 5.91 Å². The highest BCUT2D eigenvalue weighted by atomic mass is 16.6. The molecule has 1 aromatic rings. The number of nitro benzene ring substituents is 1. The summed E-state index contributed by atoms with van der Waals surface area (Å²) < 4.78 is 5.39. The normalized spacial score (nSPS) is 20.1. The number of non-ortho nitro benzene ring substituents is 1. The third kappa shape index (κ3) is 4.68. The summed E-state index contributed by atoms with van der Waals surface area (Å²) in [6.45, 7) is 8.92. The number of carbonyl (C=O) groups is 2. The number of rotatable bonds is 5. The zero-order valence-electron chi connectivity index (χ0n) is 15.3. The zero-order valence-corrected chi connectivity index (χ0v) is 15.3. The van der Waals surface area contributed by atoms with E-state index in [0.717, 1.165) is 5.56 Å². The Morgan fingerprint density at radius 1 is 1.38 bits per heavy atom. The standard InChI is InChI=1S/C19H24N2O5/c1-5-6-14-12-16(11-13-7-9-15(10-8-13)21(24)25)20(17(14)22)18(23)26-19(2,3)4/h5,7-10,14,16H,1,6,11-12H2,2-4H3. The van der Waals surface area contributed by atoms with Crippen molar-refractivity contribution in [2.45, 2.75) is 51.7 Å². The lowest BCUT2D eigenvalue weighted by molar-refractivity contribution is -0.384. The summed E-state index contributed by atoms with van der Waals surface area (Å²) in [7, 11) is 0. The Hall–Kier alpha value is -2.70. The Kier molecular flexibility index (Phi) is 5.79. The van der Waals surface area contributed by atoms with Crippen LogP contribution in [0.25, 0.3) is 0 Å². The van der Waals surface area contributed by atoms with Crippen LogP contribution in [0.2, 0.25) is 0 Å². The van der Waals surface area contributed by atoms with Gasteiger partial charge in [-0.05, 0) is 45.6 Å². The van der Waals surface area contributed by atoms with E-state index in [9.17, 15) is 19.7 Å². The van der Waals surface area contributed by atoms with Crippen molar-refractivity contribution in [1.82, 2.24) is 4.90 Å². The summed E-state index contributed by atoms with van der Waals surface area (Å²) in [5.41, 5.74) is 0.122. The molecule has 7 nitrogen and oxygen atoms in total. The van der Waals surface area contributed by atoms with Crippen molar-refractivity contribution in [1.29, 1.82) is 0 Å². The zero-order chi connectivity index (χ0) is 19.5. The van der Waals surface area contributed by atoms with Crippen molar-refractivity contribution >= 4 is 17.7 Å². The molecule has 1 heterocycles. The molecule has 1 aliphatic heterocycles. The molecule has 0 bridgehead atoms. The van der Waals surface area contributed by atoms with Crippen molar-refractivity contribution in [3.05, 3.63) is 52.6 Å². The fourth-order valence-electron chi connectivity index (χ4n) is 3.06. The van der Waals surface area contributed by atoms with Crippen LogP contribution >= 0.6 is 0 Å². The third-order valence-corrected chi connectivity index (χ3v) is 4.17. The molecule has 0 spiro atoms. The molecule has 2 unspecified atom stereocenters. The number of carbonyl (C=O) groups excluding carboxylic acids is 2. The SMILES string of the molecule is C=CCC1CC(Cc2ccc([N+](=O)[O-])cc2)N(C(=O)OC(C)(C)C)C1=O. The van der Waals surface area contributed by atoms with E-state index in [1.165, 1.54) is 17.0 Å². The minimum absolute atomic E-state index is 0.00443. The van der Waals surface area contributed by atoms with E-state index in [4.69, 9.17) is 4.74 Å². The number of imide groups is 1. The predicted molar refractivity (Wildman–Crippen MR) is 96.6 cm³/mol. The van der Waals surface area contributed by atoms with E-state index in [-0.39, 0.29) is 23.6 Å². The van der Waals surface area contributed by atoms with Crippen LogP contribution in [0.3, 0.4) is 0 Å². The van der Waals surface area contributed by atoms with Gasteiger partial charge >= 0.3 is 6.09 Å². The molecule has 1 aliphatic rings. The van der Waals surface area contributed by atoms with Gasteiger partial charge in [-0.3, -0.25) is 14.9 Å². The van der Waals surface area contributed by atoms with Gasteiger partial charge in [-0.25, -0.2) is 9.69 Å². The number of benzene rings is 1. The van der Waals surface area contributed by atoms with Gasteiger partial charge in [-0.1, -0.05) is 18.2 Å². The average molecular weight is 360 g/mol. The topological polar surface area (TPSA) is 89.8 Å². The summed E-state index contributed by atoms with van der Waals surface area (Å²) in [6, 6.07) is 5.80. The molecule has 7 heteroatoms. The van der Waals surface area contributed by atoms with Gasteiger partial charge in [0.15, 0.2) is 0 Å². The number of nitrogens with zero attached hydrogens (tertiary/aromatic N) is 2. The Bertz CT molecular complexity index is 706. The van der Waals surface area contributed by atoms with Gasteiger partial charge < -0.3 is 4.74 Å². The Labute approximate surface area is 152 Å². The van der Waals surface area contributed by atoms with Crippen LogP contribution < -0.4 is 0 Å². The van der Waals surface area contributed by atoms with Crippen molar-refractivity contribution in [2.75, 3.05) is 0 Å². The highest BCUT2D eigenvalue weighted by molar-refractivity contribution is 5.95. The number of hydrogen-bond acceptors (Lipinski definition) is 5. The first kappa shape index (κ1) is 19.6. The number of allylic oxidation sites excluding steroid dienone is 1. The molecule has 0 aromatic heterocycles. The molecule has 2 amide bonds. The fraction of sp³-hybridized carbons (Fsp3) is 0.474. The largest absolute Gasteiger partial charge is 0.443 e. The lowest BCUT2D eigenvalue weighted by Gasteiger charge is -2.27. The molecular formula is C19H24N2O5. The molecule has 1 fully saturated rings. The summed E-state index contributed by atoms with van der Waals surface area (Å²) in [5, 5.41) is 10.8. The maximum absolute atomic E-state index is 12.7. The number of likely N-dealkylation sites (tertiary alicyclic amines) is 1. The molecule has 26 heavy (non-hydrogen) atoms. The Morgan fingerprint density at radius 2 is 2.00 bits per heavy atom. The van der Waals surface area contributed by atoms with Crippen LogP contribution in [-0.2, 0) is 16.0 Å². The van der Waals surface area contributed by atoms with Gasteiger partial charge in [0, 0.05) is 24.1 Å². The van der Waals surface area contributed by atoms with Crippen molar-refractivity contribution in [3.8, 4) is 0 Å². The lowest BCUT2D eigenvalue weighted by Crippen LogP contribution is -2.43. The van der Waals surface area contributed by atoms with E-state index in [1.54, 1.807) is 39.0 Å². The monoisotopic (exact) mass is 360 g/mol. The van der Waals surface area contributed by atoms with Crippen molar-refractivity contribution < 1.29 is 19.2 Å². The van der Waals surface area contributed by atoms with Gasteiger partial charge in [0.05, 0.1) is 4.92 Å². The van der Waals surface area contributed by atoms with Crippen LogP contribution in [0.5, 0.6) is 0 Å². The smallest absolute Gasteiger partial charge is 0.417 e. The molecule has 1 saturated heterocycles. The lowest BCUT2D eigenvalue weighted by atomic mass is 9.97. The molecule has 0 aliphatic carbocycles. The summed E-state index contributed by atoms with van der Waals surface area (Å²) >= 11 is 0. The van der Waals surface area contributed by atoms with E-state index < -0.39 is 16.6 Å². The number of nitro groups is 1. The van der Waals surface area contributed by atoms with Gasteiger partial charge in [0.25, 0.3) is 5.69 Å². The van der Waals surface area contributed by atoms with Crippen LogP contribution in [-0.4, -0.2) is 33.5 Å². The minimum Gasteiger partial charge on any atom is -0.443 e. The number of ether oxygens (including phenoxy) is 1. The number of amides is 2. The molecule has 0 radical (unpaired) electrons. The third-order valence-electron chi connectivity index (χ3n) is 4.17. The molecule has 0 N–H and O–H groups in total. The maximum atomic E-state index is 12.7. The Morgan fingerprint density at radius 3 is 2.50 bits per heavy atom. The molecule has 2 atom stereocenters. The van der Waals surface area contributed by atoms with Gasteiger partial charge in [-0.2, -0.15) is 0 Å². The summed E-state index contributed by atoms with van der Waals surface area (Å²) in [4.78, 5) is 36.7. The molecule has 1 aromatic carbocycles. The molecule has 0 saturated carbocycles. The molecular weight excluding hydrogens is 336 g/mol. The van der Waals surface area contributed by atoms with Crippen LogP contribution in [0, 0.1) is 16.0 Å². The highest BCUT2D eigenvalue weighted by Gasteiger charge is 2.44. The molecule has 140 valence electrons. The second-order valence-corrected chi connectivity index (χ2v) is 7.43. The molecule has 2 rings (SSSR count). The van der Waals surface area contributed by atoms with E-state index >= 15 is 0 Å². The first-order valence-corrected chi connectivity index (χ1v) is 8.52. The highest BCUT2D eigenvalue weighted by Crippen LogP contribution is 2.31. The first-order chi connectivity index (χ1) is 12.1. The fourth-order valence-corrected chi connectivity index (χ4v) is 3.06. The quantitative estimate of drug-likeness (QED) is 0.452. The minimum atomic E-state index is -0.703. The Balaban J connectivity index is 2.21. The van der Waals surface area contributed by atoms with Crippen LogP contribution in [0.1, 0.15) is 39.2 Å². The van der Waals surface area contributed by atoms with E-state index in [0.29, 0.717) is 19.3 Å². The summed E-state index contributed by atoms with van der Waals surface area (Å²) in [6.07, 6.45) is 2.46. The number of hydrogen-bond donors (Lipinski definition) is 0. The van der Waals surface area contributed by atoms with Gasteiger partial charge in [-0.15, -0.1) is 6.58 Å². The maximum Gasteiger partial charge on any atom is 0.417 e. The van der Waals surface area contributed by atoms with E-state index in [2.05, 4.69) is 6.58 Å². The van der Waals surface area contributed by atoms with Gasteiger partial charge in [0.1, 0.15) is 5.60 Å².